The van der Waals surface area contributed by atoms with E-state index in [1.54, 1.807) is 0 Å². The smallest absolute Gasteiger partial charge is 0.136 e. The Morgan fingerprint density at radius 1 is 0.278 bits per heavy atom. The van der Waals surface area contributed by atoms with Gasteiger partial charge in [0.15, 0.2) is 0 Å². The molecule has 54 heavy (non-hydrogen) atoms. The second-order valence-corrected chi connectivity index (χ2v) is 15.5. The van der Waals surface area contributed by atoms with Gasteiger partial charge in [-0.05, 0) is 125 Å². The fraction of sp³-hybridized carbons (Fsp3) is 0. The zero-order chi connectivity index (χ0) is 35.3. The van der Waals surface area contributed by atoms with Crippen molar-refractivity contribution in [2.75, 3.05) is 0 Å². The molecule has 250 valence electrons. The van der Waals surface area contributed by atoms with Gasteiger partial charge in [0.25, 0.3) is 0 Å². The van der Waals surface area contributed by atoms with Crippen molar-refractivity contribution < 1.29 is 4.42 Å². The van der Waals surface area contributed by atoms with Gasteiger partial charge < -0.3 is 4.42 Å². The molecule has 0 amide bonds. The second kappa shape index (κ2) is 11.4. The Morgan fingerprint density at radius 2 is 0.833 bits per heavy atom. The van der Waals surface area contributed by atoms with Crippen LogP contribution in [0.15, 0.2) is 186 Å². The van der Waals surface area contributed by atoms with E-state index in [-0.39, 0.29) is 0 Å². The standard InChI is InChI=1S/C52H30OS/c1-2-10-34-25-36(22-19-31(34)9-1)52-42-14-5-3-12-40(42)51(41-13-4-6-15-43(41)52)33-20-17-32(18-21-33)35-23-24-49-45(26-35)46-28-37-27-44-39-11-7-8-16-47(39)53-48(44)29-38(37)30-50(46)54-49/h1-30H. The molecule has 1 nitrogen and oxygen atoms in total. The fourth-order valence-corrected chi connectivity index (χ4v) is 9.96. The highest BCUT2D eigenvalue weighted by Gasteiger charge is 2.17. The van der Waals surface area contributed by atoms with Gasteiger partial charge in [0.2, 0.25) is 0 Å². The minimum atomic E-state index is 0.935. The van der Waals surface area contributed by atoms with Crippen molar-refractivity contribution in [3.05, 3.63) is 182 Å². The molecule has 0 spiro atoms. The largest absolute Gasteiger partial charge is 0.456 e. The number of benzene rings is 10. The van der Waals surface area contributed by atoms with Gasteiger partial charge in [0, 0.05) is 30.9 Å². The average molecular weight is 703 g/mol. The summed E-state index contributed by atoms with van der Waals surface area (Å²) in [5.41, 5.74) is 9.36. The van der Waals surface area contributed by atoms with Gasteiger partial charge in [-0.1, -0.05) is 133 Å². The van der Waals surface area contributed by atoms with Crippen molar-refractivity contribution in [2.45, 2.75) is 0 Å². The number of hydrogen-bond acceptors (Lipinski definition) is 2. The van der Waals surface area contributed by atoms with Gasteiger partial charge in [0.05, 0.1) is 0 Å². The van der Waals surface area contributed by atoms with Crippen LogP contribution in [0.4, 0.5) is 0 Å². The molecule has 0 aliphatic heterocycles. The summed E-state index contributed by atoms with van der Waals surface area (Å²) in [5, 5.41) is 15.0. The minimum absolute atomic E-state index is 0.935. The van der Waals surface area contributed by atoms with Gasteiger partial charge in [-0.2, -0.15) is 0 Å². The van der Waals surface area contributed by atoms with Crippen LogP contribution in [0.1, 0.15) is 0 Å². The Balaban J connectivity index is 0.983. The zero-order valence-electron chi connectivity index (χ0n) is 29.1. The molecule has 12 rings (SSSR count). The number of rotatable bonds is 3. The van der Waals surface area contributed by atoms with E-state index in [0.29, 0.717) is 0 Å². The molecule has 10 aromatic carbocycles. The molecule has 2 heterocycles. The Kier molecular flexibility index (Phi) is 6.28. The van der Waals surface area contributed by atoms with E-state index in [2.05, 4.69) is 170 Å². The van der Waals surface area contributed by atoms with Crippen LogP contribution in [0.2, 0.25) is 0 Å². The summed E-state index contributed by atoms with van der Waals surface area (Å²) in [6.07, 6.45) is 0. The van der Waals surface area contributed by atoms with Crippen molar-refractivity contribution in [1.29, 1.82) is 0 Å². The van der Waals surface area contributed by atoms with Crippen LogP contribution in [-0.2, 0) is 0 Å². The summed E-state index contributed by atoms with van der Waals surface area (Å²) in [7, 11) is 0. The lowest BCUT2D eigenvalue weighted by Gasteiger charge is -2.18. The zero-order valence-corrected chi connectivity index (χ0v) is 30.0. The summed E-state index contributed by atoms with van der Waals surface area (Å²) >= 11 is 1.86. The lowest BCUT2D eigenvalue weighted by Crippen LogP contribution is -1.91. The molecule has 0 saturated carbocycles. The molecule has 0 saturated heterocycles. The van der Waals surface area contributed by atoms with Crippen LogP contribution in [0.5, 0.6) is 0 Å². The van der Waals surface area contributed by atoms with Gasteiger partial charge in [0.1, 0.15) is 11.2 Å². The molecule has 0 unspecified atom stereocenters. The van der Waals surface area contributed by atoms with E-state index in [9.17, 15) is 0 Å². The molecule has 0 atom stereocenters. The molecule has 12 aromatic rings. The quantitative estimate of drug-likeness (QED) is 0.167. The lowest BCUT2D eigenvalue weighted by molar-refractivity contribution is 0.669. The van der Waals surface area contributed by atoms with E-state index in [4.69, 9.17) is 4.42 Å². The third kappa shape index (κ3) is 4.44. The monoisotopic (exact) mass is 702 g/mol. The van der Waals surface area contributed by atoms with Crippen LogP contribution < -0.4 is 0 Å². The summed E-state index contributed by atoms with van der Waals surface area (Å²) in [4.78, 5) is 0. The van der Waals surface area contributed by atoms with Gasteiger partial charge >= 0.3 is 0 Å². The predicted molar refractivity (Wildman–Crippen MR) is 233 cm³/mol. The predicted octanol–water partition coefficient (Wildman–Crippen LogP) is 15.6. The van der Waals surface area contributed by atoms with Crippen LogP contribution in [0, 0.1) is 0 Å². The van der Waals surface area contributed by atoms with Gasteiger partial charge in [-0.3, -0.25) is 0 Å². The summed E-state index contributed by atoms with van der Waals surface area (Å²) in [6, 6.07) is 67.0. The van der Waals surface area contributed by atoms with Gasteiger partial charge in [-0.25, -0.2) is 0 Å². The maximum Gasteiger partial charge on any atom is 0.136 e. The van der Waals surface area contributed by atoms with E-state index in [1.165, 1.54) is 102 Å². The molecular weight excluding hydrogens is 673 g/mol. The number of hydrogen-bond donors (Lipinski definition) is 0. The minimum Gasteiger partial charge on any atom is -0.456 e. The number of furan rings is 1. The second-order valence-electron chi connectivity index (χ2n) is 14.4. The molecule has 0 bridgehead atoms. The SMILES string of the molecule is c1ccc2cc(-c3c4ccccc4c(-c4ccc(-c5ccc6sc7cc8cc9oc%10ccccc%10c9cc8cc7c6c5)cc4)c4ccccc34)ccc2c1. The van der Waals surface area contributed by atoms with Crippen molar-refractivity contribution in [2.24, 2.45) is 0 Å². The summed E-state index contributed by atoms with van der Waals surface area (Å²) in [6.45, 7) is 0. The molecular formula is C52H30OS. The van der Waals surface area contributed by atoms with E-state index >= 15 is 0 Å². The Labute approximate surface area is 314 Å². The van der Waals surface area contributed by atoms with E-state index in [1.807, 2.05) is 23.5 Å². The van der Waals surface area contributed by atoms with Crippen molar-refractivity contribution in [3.8, 4) is 33.4 Å². The first kappa shape index (κ1) is 29.8. The van der Waals surface area contributed by atoms with Crippen LogP contribution >= 0.6 is 11.3 Å². The first-order valence-electron chi connectivity index (χ1n) is 18.5. The third-order valence-corrected chi connectivity index (χ3v) is 12.5. The Hall–Kier alpha value is -6.74. The summed E-state index contributed by atoms with van der Waals surface area (Å²) < 4.78 is 8.82. The highest BCUT2D eigenvalue weighted by atomic mass is 32.1. The van der Waals surface area contributed by atoms with Gasteiger partial charge in [-0.15, -0.1) is 11.3 Å². The number of thiophene rings is 1. The summed E-state index contributed by atoms with van der Waals surface area (Å²) in [5.74, 6) is 0. The molecule has 2 heteroatoms. The van der Waals surface area contributed by atoms with E-state index < -0.39 is 0 Å². The molecule has 0 aliphatic rings. The normalized spacial score (nSPS) is 12.1. The van der Waals surface area contributed by atoms with Crippen molar-refractivity contribution in [3.63, 3.8) is 0 Å². The number of fused-ring (bicyclic) bond motifs is 10. The highest BCUT2D eigenvalue weighted by molar-refractivity contribution is 7.25. The first-order valence-corrected chi connectivity index (χ1v) is 19.3. The average Bonchev–Trinajstić information content (AvgIpc) is 3.77. The Morgan fingerprint density at radius 3 is 1.59 bits per heavy atom. The molecule has 0 fully saturated rings. The van der Waals surface area contributed by atoms with Crippen LogP contribution in [0.3, 0.4) is 0 Å². The van der Waals surface area contributed by atoms with Crippen molar-refractivity contribution in [1.82, 2.24) is 0 Å². The highest BCUT2D eigenvalue weighted by Crippen LogP contribution is 2.45. The maximum absolute atomic E-state index is 6.21. The van der Waals surface area contributed by atoms with Crippen LogP contribution in [-0.4, -0.2) is 0 Å². The lowest BCUT2D eigenvalue weighted by atomic mass is 9.85. The molecule has 2 aromatic heterocycles. The third-order valence-electron chi connectivity index (χ3n) is 11.4. The van der Waals surface area contributed by atoms with Crippen LogP contribution in [0.25, 0.3) is 119 Å². The number of para-hydroxylation sites is 1. The molecule has 0 aliphatic carbocycles. The van der Waals surface area contributed by atoms with E-state index in [0.717, 1.165) is 16.6 Å². The molecule has 0 radical (unpaired) electrons. The fourth-order valence-electron chi connectivity index (χ4n) is 8.85. The topological polar surface area (TPSA) is 13.1 Å². The molecule has 0 N–H and O–H groups in total. The van der Waals surface area contributed by atoms with Crippen molar-refractivity contribution >= 4 is 96.5 Å². The first-order chi connectivity index (χ1) is 26.7. The Bertz CT molecular complexity index is 3430. The maximum atomic E-state index is 6.21.